The maximum atomic E-state index is 12.8. The Hall–Kier alpha value is -2.18. The van der Waals surface area contributed by atoms with E-state index >= 15 is 0 Å². The highest BCUT2D eigenvalue weighted by Crippen LogP contribution is 2.17. The van der Waals surface area contributed by atoms with Gasteiger partial charge in [-0.15, -0.1) is 0 Å². The third-order valence-corrected chi connectivity index (χ3v) is 6.19. The Morgan fingerprint density at radius 1 is 0.926 bits per heavy atom. The van der Waals surface area contributed by atoms with Gasteiger partial charge in [0.15, 0.2) is 0 Å². The molecule has 0 heterocycles. The third kappa shape index (κ3) is 5.65. The van der Waals surface area contributed by atoms with Gasteiger partial charge in [0.05, 0.1) is 4.90 Å². The number of hydrogen-bond acceptors (Lipinski definition) is 3. The number of nitrogens with one attached hydrogen (secondary N) is 1. The zero-order valence-corrected chi connectivity index (χ0v) is 17.1. The molecule has 0 spiro atoms. The smallest absolute Gasteiger partial charge is 0.251 e. The van der Waals surface area contributed by atoms with E-state index in [1.165, 1.54) is 22.0 Å². The summed E-state index contributed by atoms with van der Waals surface area (Å²) in [6, 6.07) is 14.1. The summed E-state index contributed by atoms with van der Waals surface area (Å²) in [7, 11) is -3.53. The molecule has 0 radical (unpaired) electrons. The van der Waals surface area contributed by atoms with Crippen LogP contribution in [0.2, 0.25) is 0 Å². The van der Waals surface area contributed by atoms with Gasteiger partial charge in [0.25, 0.3) is 5.91 Å². The fourth-order valence-electron chi connectivity index (χ4n) is 2.77. The minimum Gasteiger partial charge on any atom is -0.348 e. The number of aryl methyl sites for hydroxylation is 1. The average molecular weight is 389 g/mol. The fourth-order valence-corrected chi connectivity index (χ4v) is 4.39. The summed E-state index contributed by atoms with van der Waals surface area (Å²) in [5.41, 5.74) is 2.63. The normalized spacial score (nSPS) is 11.6. The predicted octanol–water partition coefficient (Wildman–Crippen LogP) is 3.74. The van der Waals surface area contributed by atoms with E-state index in [0.717, 1.165) is 18.4 Å². The van der Waals surface area contributed by atoms with Gasteiger partial charge in [-0.1, -0.05) is 43.7 Å². The first-order valence-corrected chi connectivity index (χ1v) is 10.8. The van der Waals surface area contributed by atoms with Crippen LogP contribution in [0.25, 0.3) is 0 Å². The van der Waals surface area contributed by atoms with Crippen molar-refractivity contribution in [3.63, 3.8) is 0 Å². The van der Waals surface area contributed by atoms with E-state index in [1.807, 2.05) is 45.0 Å². The number of sulfonamides is 1. The standard InChI is InChI=1S/C21H28N2O3S/c1-4-14-23(15-5-2)27(25,26)20-12-10-19(11-13-20)21(24)22-16-18-8-6-17(3)7-9-18/h6-13H,4-5,14-16H2,1-3H3,(H,22,24). The lowest BCUT2D eigenvalue weighted by atomic mass is 10.1. The van der Waals surface area contributed by atoms with E-state index in [1.54, 1.807) is 12.1 Å². The fraction of sp³-hybridized carbons (Fsp3) is 0.381. The van der Waals surface area contributed by atoms with Crippen molar-refractivity contribution >= 4 is 15.9 Å². The summed E-state index contributed by atoms with van der Waals surface area (Å²) in [6.07, 6.45) is 1.53. The number of nitrogens with zero attached hydrogens (tertiary/aromatic N) is 1. The van der Waals surface area contributed by atoms with Crippen LogP contribution in [0.3, 0.4) is 0 Å². The molecular formula is C21H28N2O3S. The van der Waals surface area contributed by atoms with Crippen molar-refractivity contribution in [1.29, 1.82) is 0 Å². The van der Waals surface area contributed by atoms with Gasteiger partial charge in [0.2, 0.25) is 10.0 Å². The Morgan fingerprint density at radius 3 is 2.00 bits per heavy atom. The van der Waals surface area contributed by atoms with Gasteiger partial charge < -0.3 is 5.32 Å². The van der Waals surface area contributed by atoms with Gasteiger partial charge in [0.1, 0.15) is 0 Å². The molecule has 27 heavy (non-hydrogen) atoms. The molecular weight excluding hydrogens is 360 g/mol. The molecule has 0 aliphatic rings. The molecule has 0 fully saturated rings. The number of carbonyl (C=O) groups is 1. The van der Waals surface area contributed by atoms with Crippen molar-refractivity contribution < 1.29 is 13.2 Å². The predicted molar refractivity (Wildman–Crippen MR) is 108 cm³/mol. The summed E-state index contributed by atoms with van der Waals surface area (Å²) >= 11 is 0. The maximum absolute atomic E-state index is 12.8. The van der Waals surface area contributed by atoms with Crippen molar-refractivity contribution in [2.24, 2.45) is 0 Å². The number of carbonyl (C=O) groups excluding carboxylic acids is 1. The Morgan fingerprint density at radius 2 is 1.48 bits per heavy atom. The highest BCUT2D eigenvalue weighted by atomic mass is 32.2. The van der Waals surface area contributed by atoms with Crippen molar-refractivity contribution in [2.75, 3.05) is 13.1 Å². The molecule has 2 rings (SSSR count). The average Bonchev–Trinajstić information content (AvgIpc) is 2.67. The number of rotatable bonds is 9. The first-order valence-electron chi connectivity index (χ1n) is 9.32. The molecule has 146 valence electrons. The molecule has 0 saturated heterocycles. The van der Waals surface area contributed by atoms with Gasteiger partial charge in [-0.3, -0.25) is 4.79 Å². The lowest BCUT2D eigenvalue weighted by molar-refractivity contribution is 0.0951. The van der Waals surface area contributed by atoms with Gasteiger partial charge >= 0.3 is 0 Å². The Labute approximate surface area is 162 Å². The molecule has 0 bridgehead atoms. The number of benzene rings is 2. The molecule has 0 aromatic heterocycles. The van der Waals surface area contributed by atoms with Gasteiger partial charge in [-0.2, -0.15) is 4.31 Å². The number of amides is 1. The van der Waals surface area contributed by atoms with Crippen LogP contribution in [-0.2, 0) is 16.6 Å². The lowest BCUT2D eigenvalue weighted by Gasteiger charge is -2.21. The van der Waals surface area contributed by atoms with Crippen LogP contribution in [0.5, 0.6) is 0 Å². The van der Waals surface area contributed by atoms with Crippen LogP contribution in [0.15, 0.2) is 53.4 Å². The second kappa shape index (κ2) is 9.67. The van der Waals surface area contributed by atoms with E-state index in [2.05, 4.69) is 5.32 Å². The van der Waals surface area contributed by atoms with Crippen molar-refractivity contribution in [2.45, 2.75) is 45.1 Å². The maximum Gasteiger partial charge on any atom is 0.251 e. The van der Waals surface area contributed by atoms with Crippen LogP contribution in [0.4, 0.5) is 0 Å². The molecule has 2 aromatic rings. The lowest BCUT2D eigenvalue weighted by Crippen LogP contribution is -2.32. The SMILES string of the molecule is CCCN(CCC)S(=O)(=O)c1ccc(C(=O)NCc2ccc(C)cc2)cc1. The molecule has 0 atom stereocenters. The second-order valence-corrected chi connectivity index (χ2v) is 8.53. The van der Waals surface area contributed by atoms with Crippen LogP contribution >= 0.6 is 0 Å². The first-order chi connectivity index (χ1) is 12.9. The summed E-state index contributed by atoms with van der Waals surface area (Å²) in [6.45, 7) is 7.35. The highest BCUT2D eigenvalue weighted by Gasteiger charge is 2.23. The minimum atomic E-state index is -3.53. The van der Waals surface area contributed by atoms with E-state index in [-0.39, 0.29) is 10.8 Å². The summed E-state index contributed by atoms with van der Waals surface area (Å²) in [5.74, 6) is -0.224. The van der Waals surface area contributed by atoms with E-state index in [0.29, 0.717) is 25.2 Å². The van der Waals surface area contributed by atoms with Crippen LogP contribution in [0.1, 0.15) is 48.2 Å². The van der Waals surface area contributed by atoms with Crippen LogP contribution < -0.4 is 5.32 Å². The van der Waals surface area contributed by atoms with E-state index < -0.39 is 10.0 Å². The Kier molecular flexibility index (Phi) is 7.56. The first kappa shape index (κ1) is 21.1. The molecule has 0 aliphatic heterocycles. The Bertz CT molecular complexity index is 838. The zero-order valence-electron chi connectivity index (χ0n) is 16.2. The molecule has 6 heteroatoms. The topological polar surface area (TPSA) is 66.5 Å². The molecule has 1 N–H and O–H groups in total. The summed E-state index contributed by atoms with van der Waals surface area (Å²) in [5, 5.41) is 2.86. The van der Waals surface area contributed by atoms with Crippen molar-refractivity contribution in [3.8, 4) is 0 Å². The van der Waals surface area contributed by atoms with Gasteiger partial charge in [0, 0.05) is 25.2 Å². The molecule has 0 unspecified atom stereocenters. The van der Waals surface area contributed by atoms with Gasteiger partial charge in [-0.25, -0.2) is 8.42 Å². The highest BCUT2D eigenvalue weighted by molar-refractivity contribution is 7.89. The summed E-state index contributed by atoms with van der Waals surface area (Å²) in [4.78, 5) is 12.5. The largest absolute Gasteiger partial charge is 0.348 e. The molecule has 2 aromatic carbocycles. The quantitative estimate of drug-likeness (QED) is 0.712. The molecule has 0 saturated carbocycles. The number of hydrogen-bond donors (Lipinski definition) is 1. The monoisotopic (exact) mass is 388 g/mol. The molecule has 0 aliphatic carbocycles. The van der Waals surface area contributed by atoms with Crippen molar-refractivity contribution in [1.82, 2.24) is 9.62 Å². The minimum absolute atomic E-state index is 0.222. The van der Waals surface area contributed by atoms with Crippen LogP contribution in [-0.4, -0.2) is 31.7 Å². The van der Waals surface area contributed by atoms with E-state index in [9.17, 15) is 13.2 Å². The second-order valence-electron chi connectivity index (χ2n) is 6.60. The molecule has 1 amide bonds. The molecule has 5 nitrogen and oxygen atoms in total. The van der Waals surface area contributed by atoms with Crippen LogP contribution in [0, 0.1) is 6.92 Å². The van der Waals surface area contributed by atoms with Gasteiger partial charge in [-0.05, 0) is 49.6 Å². The Balaban J connectivity index is 2.06. The third-order valence-electron chi connectivity index (χ3n) is 4.27. The zero-order chi connectivity index (χ0) is 19.9. The summed E-state index contributed by atoms with van der Waals surface area (Å²) < 4.78 is 27.0. The van der Waals surface area contributed by atoms with E-state index in [4.69, 9.17) is 0 Å². The van der Waals surface area contributed by atoms with Crippen molar-refractivity contribution in [3.05, 3.63) is 65.2 Å².